The van der Waals surface area contributed by atoms with Gasteiger partial charge in [-0.15, -0.1) is 0 Å². The molecule has 46 valence electrons. The molecule has 0 amide bonds. The summed E-state index contributed by atoms with van der Waals surface area (Å²) >= 11 is 5.30. The molecular formula is C2H3ClNO2S2+. The Hall–Kier alpha value is 0.610. The maximum atomic E-state index is 8.70. The van der Waals surface area contributed by atoms with Gasteiger partial charge in [-0.2, -0.15) is 10.4 Å². The molecule has 0 aromatic heterocycles. The first-order valence-electron chi connectivity index (χ1n) is 1.69. The molecule has 0 bridgehead atoms. The van der Waals surface area contributed by atoms with Crippen molar-refractivity contribution in [3.63, 3.8) is 0 Å². The van der Waals surface area contributed by atoms with Crippen LogP contribution in [0.1, 0.15) is 0 Å². The molecule has 0 saturated carbocycles. The zero-order chi connectivity index (χ0) is 6.20. The summed E-state index contributed by atoms with van der Waals surface area (Å²) in [4.78, 5) is 0. The Bertz CT molecular complexity index is 136. The van der Waals surface area contributed by atoms with Crippen LogP contribution in [-0.4, -0.2) is 14.6 Å². The molecule has 0 aliphatic carbocycles. The zero-order valence-corrected chi connectivity index (χ0v) is 6.00. The van der Waals surface area contributed by atoms with E-state index < -0.39 is 4.21 Å². The molecule has 2 N–H and O–H groups in total. The Labute approximate surface area is 59.0 Å². The highest BCUT2D eigenvalue weighted by Gasteiger charge is 2.37. The van der Waals surface area contributed by atoms with Gasteiger partial charge in [0, 0.05) is 10.8 Å². The minimum atomic E-state index is -1.26. The maximum absolute atomic E-state index is 8.70. The Morgan fingerprint density at radius 3 is 2.38 bits per heavy atom. The molecule has 1 aliphatic rings. The van der Waals surface area contributed by atoms with Crippen molar-refractivity contribution >= 4 is 33.4 Å². The number of quaternary nitrogens is 1. The van der Waals surface area contributed by atoms with Gasteiger partial charge >= 0.3 is 0 Å². The summed E-state index contributed by atoms with van der Waals surface area (Å²) in [7, 11) is 2.03. The summed E-state index contributed by atoms with van der Waals surface area (Å²) in [6, 6.07) is 0. The van der Waals surface area contributed by atoms with Gasteiger partial charge in [-0.3, -0.25) is 0 Å². The number of nitrogens with zero attached hydrogens (tertiary/aromatic N) is 1. The topological polar surface area (TPSA) is 40.5 Å². The van der Waals surface area contributed by atoms with Gasteiger partial charge in [0.2, 0.25) is 11.0 Å². The van der Waals surface area contributed by atoms with Crippen LogP contribution in [-0.2, 0) is 0 Å². The van der Waals surface area contributed by atoms with Gasteiger partial charge < -0.3 is 0 Å². The minimum absolute atomic E-state index is 0.0139. The van der Waals surface area contributed by atoms with Crippen LogP contribution in [0.3, 0.4) is 0 Å². The minimum Gasteiger partial charge on any atom is -0.162 e. The first-order valence-corrected chi connectivity index (χ1v) is 4.23. The summed E-state index contributed by atoms with van der Waals surface area (Å²) < 4.78 is -1.26. The van der Waals surface area contributed by atoms with Gasteiger partial charge in [-0.25, -0.2) is 0 Å². The van der Waals surface area contributed by atoms with Crippen LogP contribution >= 0.6 is 33.4 Å². The number of halogens is 1. The molecule has 0 spiro atoms. The summed E-state index contributed by atoms with van der Waals surface area (Å²) in [6.45, 7) is 0. The average molecular weight is 173 g/mol. The van der Waals surface area contributed by atoms with E-state index in [-0.39, 0.29) is 5.16 Å². The second-order valence-electron chi connectivity index (χ2n) is 1.16. The lowest BCUT2D eigenvalue weighted by atomic mass is 11.0. The molecule has 8 heavy (non-hydrogen) atoms. The van der Waals surface area contributed by atoms with E-state index in [1.165, 1.54) is 16.2 Å². The van der Waals surface area contributed by atoms with Gasteiger partial charge in [0.05, 0.1) is 9.62 Å². The summed E-state index contributed by atoms with van der Waals surface area (Å²) in [5.74, 6) is 0. The number of hydroxylamine groups is 2. The first-order chi connectivity index (χ1) is 3.63. The van der Waals surface area contributed by atoms with Gasteiger partial charge in [0.25, 0.3) is 5.16 Å². The zero-order valence-electron chi connectivity index (χ0n) is 3.61. The van der Waals surface area contributed by atoms with Crippen LogP contribution < -0.4 is 0 Å². The molecule has 1 heterocycles. The average Bonchev–Trinajstić information content (AvgIpc) is 1.86. The Kier molecular flexibility index (Phi) is 1.76. The Balaban J connectivity index is 2.73. The van der Waals surface area contributed by atoms with Crippen molar-refractivity contribution in [3.8, 4) is 0 Å². The molecule has 0 radical (unpaired) electrons. The summed E-state index contributed by atoms with van der Waals surface area (Å²) in [6.07, 6.45) is 0. The molecule has 0 aromatic rings. The van der Waals surface area contributed by atoms with E-state index in [0.29, 0.717) is 0 Å². The second-order valence-corrected chi connectivity index (χ2v) is 3.65. The van der Waals surface area contributed by atoms with E-state index in [9.17, 15) is 0 Å². The largest absolute Gasteiger partial charge is 0.289 e. The van der Waals surface area contributed by atoms with Gasteiger partial charge in [-0.1, -0.05) is 0 Å². The number of hydrogen-bond acceptors (Lipinski definition) is 4. The van der Waals surface area contributed by atoms with E-state index in [2.05, 4.69) is 0 Å². The molecule has 0 unspecified atom stereocenters. The van der Waals surface area contributed by atoms with E-state index in [0.717, 1.165) is 11.0 Å². The summed E-state index contributed by atoms with van der Waals surface area (Å²) in [5, 5.41) is 18.9. The van der Waals surface area contributed by atoms with Crippen LogP contribution in [0.4, 0.5) is 0 Å². The predicted molar refractivity (Wildman–Crippen MR) is 33.0 cm³/mol. The Morgan fingerprint density at radius 2 is 2.25 bits per heavy atom. The Morgan fingerprint density at radius 1 is 1.62 bits per heavy atom. The fourth-order valence-electron chi connectivity index (χ4n) is 0.225. The van der Waals surface area contributed by atoms with Crippen molar-refractivity contribution in [2.75, 3.05) is 0 Å². The van der Waals surface area contributed by atoms with E-state index in [1.54, 1.807) is 0 Å². The molecule has 3 nitrogen and oxygen atoms in total. The third-order valence-electron chi connectivity index (χ3n) is 0.571. The van der Waals surface area contributed by atoms with Crippen LogP contribution in [0.15, 0.2) is 10.6 Å². The number of rotatable bonds is 0. The van der Waals surface area contributed by atoms with Gasteiger partial charge in [0.15, 0.2) is 0 Å². The van der Waals surface area contributed by atoms with Gasteiger partial charge in [-0.05, 0) is 11.6 Å². The van der Waals surface area contributed by atoms with Crippen molar-refractivity contribution < 1.29 is 14.6 Å². The summed E-state index contributed by atoms with van der Waals surface area (Å²) in [5.41, 5.74) is 0. The van der Waals surface area contributed by atoms with E-state index >= 15 is 0 Å². The monoisotopic (exact) mass is 172 g/mol. The van der Waals surface area contributed by atoms with Crippen LogP contribution in [0.25, 0.3) is 0 Å². The molecule has 0 saturated heterocycles. The lowest BCUT2D eigenvalue weighted by Gasteiger charge is -2.07. The fraction of sp³-hybridized carbons (Fsp3) is 0. The van der Waals surface area contributed by atoms with Crippen LogP contribution in [0.5, 0.6) is 0 Å². The maximum Gasteiger partial charge on any atom is 0.289 e. The fourth-order valence-corrected chi connectivity index (χ4v) is 2.33. The van der Waals surface area contributed by atoms with Crippen molar-refractivity contribution in [3.05, 3.63) is 10.6 Å². The van der Waals surface area contributed by atoms with E-state index in [1.807, 2.05) is 0 Å². The second kappa shape index (κ2) is 2.09. The smallest absolute Gasteiger partial charge is 0.162 e. The van der Waals surface area contributed by atoms with Crippen LogP contribution in [0, 0.1) is 0 Å². The molecule has 0 aromatic carbocycles. The first kappa shape index (κ1) is 6.73. The molecule has 0 atom stereocenters. The van der Waals surface area contributed by atoms with Crippen LogP contribution in [0.2, 0.25) is 0 Å². The highest BCUT2D eigenvalue weighted by atomic mass is 35.5. The SMILES string of the molecule is O[N+]1(O)SSC=C1Cl. The molecular weight excluding hydrogens is 170 g/mol. The predicted octanol–water partition coefficient (Wildman–Crippen LogP) is 1.93. The molecule has 1 rings (SSSR count). The quantitative estimate of drug-likeness (QED) is 0.254. The lowest BCUT2D eigenvalue weighted by Crippen LogP contribution is -2.25. The van der Waals surface area contributed by atoms with Crippen molar-refractivity contribution in [1.29, 1.82) is 0 Å². The van der Waals surface area contributed by atoms with Gasteiger partial charge in [0.1, 0.15) is 0 Å². The third kappa shape index (κ3) is 1.12. The molecule has 1 aliphatic heterocycles. The lowest BCUT2D eigenvalue weighted by molar-refractivity contribution is -1.11. The van der Waals surface area contributed by atoms with E-state index in [4.69, 9.17) is 22.0 Å². The van der Waals surface area contributed by atoms with Crippen molar-refractivity contribution in [1.82, 2.24) is 0 Å². The number of hydrogen-bond donors (Lipinski definition) is 2. The molecule has 0 fully saturated rings. The highest BCUT2D eigenvalue weighted by Crippen LogP contribution is 2.44. The normalized spacial score (nSPS) is 25.6. The van der Waals surface area contributed by atoms with Crippen molar-refractivity contribution in [2.45, 2.75) is 0 Å². The molecule has 6 heteroatoms. The van der Waals surface area contributed by atoms with Crippen molar-refractivity contribution in [2.24, 2.45) is 0 Å². The third-order valence-corrected chi connectivity index (χ3v) is 3.13. The standard InChI is InChI=1S/C2H3ClNO2S2/c3-2-1-7-8-4(2,5)6/h1,5-6H/q+1. The highest BCUT2D eigenvalue weighted by molar-refractivity contribution is 8.76.